The average molecular weight is 429 g/mol. The van der Waals surface area contributed by atoms with Gasteiger partial charge in [0.15, 0.2) is 0 Å². The van der Waals surface area contributed by atoms with E-state index in [2.05, 4.69) is 33.0 Å². The molecule has 0 spiro atoms. The second-order valence-corrected chi connectivity index (χ2v) is 14.1. The molecule has 0 heterocycles. The third-order valence-corrected chi connectivity index (χ3v) is 11.7. The third-order valence-electron chi connectivity index (χ3n) is 6.65. The standard InChI is InChI=1S/C27H59NP/c1-5-9-13-14-15-16-17-18-19-20-22-28-23-21-27-29(24-10-6-2,25-11-7-3)26-12-8-4/h28H,5-27H2,1-4H3/q+1. The molecule has 0 aromatic rings. The molecule has 0 aliphatic rings. The van der Waals surface area contributed by atoms with Crippen LogP contribution >= 0.6 is 7.26 Å². The van der Waals surface area contributed by atoms with Crippen molar-refractivity contribution in [2.24, 2.45) is 0 Å². The zero-order valence-corrected chi connectivity index (χ0v) is 22.1. The van der Waals surface area contributed by atoms with Gasteiger partial charge < -0.3 is 5.32 Å². The lowest BCUT2D eigenvalue weighted by molar-refractivity contribution is 0.543. The van der Waals surface area contributed by atoms with Crippen LogP contribution in [0.15, 0.2) is 0 Å². The first-order valence-electron chi connectivity index (χ1n) is 13.8. The van der Waals surface area contributed by atoms with Gasteiger partial charge in [-0.15, -0.1) is 0 Å². The van der Waals surface area contributed by atoms with Gasteiger partial charge in [-0.1, -0.05) is 105 Å². The average Bonchev–Trinajstić information content (AvgIpc) is 2.74. The van der Waals surface area contributed by atoms with Crippen LogP contribution < -0.4 is 5.32 Å². The van der Waals surface area contributed by atoms with Crippen molar-refractivity contribution in [1.82, 2.24) is 5.32 Å². The van der Waals surface area contributed by atoms with E-state index in [1.807, 2.05) is 0 Å². The zero-order chi connectivity index (χ0) is 21.5. The Balaban J connectivity index is 3.79. The van der Waals surface area contributed by atoms with Crippen LogP contribution in [-0.2, 0) is 0 Å². The maximum atomic E-state index is 3.77. The Hall–Kier alpha value is 0.390. The molecule has 0 aliphatic heterocycles. The van der Waals surface area contributed by atoms with E-state index in [1.54, 1.807) is 24.6 Å². The second-order valence-electron chi connectivity index (χ2n) is 9.58. The van der Waals surface area contributed by atoms with Gasteiger partial charge in [-0.25, -0.2) is 0 Å². The van der Waals surface area contributed by atoms with E-state index in [9.17, 15) is 0 Å². The Morgan fingerprint density at radius 2 is 0.724 bits per heavy atom. The molecule has 0 bridgehead atoms. The molecule has 0 fully saturated rings. The summed E-state index contributed by atoms with van der Waals surface area (Å²) in [5.41, 5.74) is 0. The quantitative estimate of drug-likeness (QED) is 0.119. The highest BCUT2D eigenvalue weighted by Gasteiger charge is 2.34. The maximum absolute atomic E-state index is 3.77. The molecule has 0 saturated heterocycles. The maximum Gasteiger partial charge on any atom is 0.0606 e. The number of unbranched alkanes of at least 4 members (excludes halogenated alkanes) is 12. The molecule has 0 unspecified atom stereocenters. The topological polar surface area (TPSA) is 12.0 Å². The van der Waals surface area contributed by atoms with Crippen LogP contribution in [0.2, 0.25) is 0 Å². The second kappa shape index (κ2) is 23.1. The summed E-state index contributed by atoms with van der Waals surface area (Å²) in [5.74, 6) is 0. The predicted molar refractivity (Wildman–Crippen MR) is 140 cm³/mol. The highest BCUT2D eigenvalue weighted by molar-refractivity contribution is 7.75. The van der Waals surface area contributed by atoms with Gasteiger partial charge in [0, 0.05) is 7.26 Å². The minimum atomic E-state index is -0.670. The summed E-state index contributed by atoms with van der Waals surface area (Å²) in [6.45, 7) is 12.0. The molecule has 0 saturated carbocycles. The summed E-state index contributed by atoms with van der Waals surface area (Å²) in [6, 6.07) is 0. The van der Waals surface area contributed by atoms with Gasteiger partial charge in [0.1, 0.15) is 0 Å². The molecule has 176 valence electrons. The summed E-state index contributed by atoms with van der Waals surface area (Å²) in [4.78, 5) is 0. The van der Waals surface area contributed by atoms with Crippen molar-refractivity contribution in [3.8, 4) is 0 Å². The lowest BCUT2D eigenvalue weighted by atomic mass is 10.1. The summed E-state index contributed by atoms with van der Waals surface area (Å²) >= 11 is 0. The van der Waals surface area contributed by atoms with Crippen LogP contribution in [0, 0.1) is 0 Å². The lowest BCUT2D eigenvalue weighted by Crippen LogP contribution is -2.20. The van der Waals surface area contributed by atoms with Crippen LogP contribution in [0.4, 0.5) is 0 Å². The van der Waals surface area contributed by atoms with Gasteiger partial charge in [-0.2, -0.15) is 0 Å². The van der Waals surface area contributed by atoms with Crippen molar-refractivity contribution in [2.45, 2.75) is 137 Å². The van der Waals surface area contributed by atoms with Crippen molar-refractivity contribution in [2.75, 3.05) is 37.7 Å². The van der Waals surface area contributed by atoms with E-state index >= 15 is 0 Å². The van der Waals surface area contributed by atoms with Gasteiger partial charge >= 0.3 is 0 Å². The minimum absolute atomic E-state index is 0.670. The van der Waals surface area contributed by atoms with E-state index in [1.165, 1.54) is 122 Å². The fourth-order valence-electron chi connectivity index (χ4n) is 4.55. The van der Waals surface area contributed by atoms with Crippen molar-refractivity contribution < 1.29 is 0 Å². The monoisotopic (exact) mass is 428 g/mol. The molecule has 2 heteroatoms. The minimum Gasteiger partial charge on any atom is -0.317 e. The molecule has 0 aromatic heterocycles. The smallest absolute Gasteiger partial charge is 0.0606 e. The SMILES string of the molecule is CCCCCCCCCCCCNCCC[P+](CCCC)(CCCC)CCCC. The van der Waals surface area contributed by atoms with Crippen molar-refractivity contribution >= 4 is 7.26 Å². The van der Waals surface area contributed by atoms with E-state index in [0.29, 0.717) is 0 Å². The summed E-state index contributed by atoms with van der Waals surface area (Å²) < 4.78 is 0. The molecule has 0 rings (SSSR count). The number of nitrogens with one attached hydrogen (secondary N) is 1. The van der Waals surface area contributed by atoms with Crippen molar-refractivity contribution in [1.29, 1.82) is 0 Å². The Morgan fingerprint density at radius 1 is 0.379 bits per heavy atom. The molecular formula is C27H59NP+. The van der Waals surface area contributed by atoms with Crippen LogP contribution in [-0.4, -0.2) is 37.7 Å². The third kappa shape index (κ3) is 18.8. The molecule has 0 aromatic carbocycles. The van der Waals surface area contributed by atoms with Gasteiger partial charge in [0.05, 0.1) is 24.6 Å². The van der Waals surface area contributed by atoms with Crippen LogP contribution in [0.5, 0.6) is 0 Å². The van der Waals surface area contributed by atoms with Crippen LogP contribution in [0.3, 0.4) is 0 Å². The van der Waals surface area contributed by atoms with Gasteiger partial charge in [-0.3, -0.25) is 0 Å². The Labute approximate surface area is 187 Å². The fraction of sp³-hybridized carbons (Fsp3) is 1.00. The normalized spacial score (nSPS) is 12.0. The van der Waals surface area contributed by atoms with E-state index in [-0.39, 0.29) is 0 Å². The largest absolute Gasteiger partial charge is 0.317 e. The van der Waals surface area contributed by atoms with Gasteiger partial charge in [0.25, 0.3) is 0 Å². The molecule has 0 aliphatic carbocycles. The Morgan fingerprint density at radius 3 is 1.17 bits per heavy atom. The molecule has 0 amide bonds. The first-order valence-corrected chi connectivity index (χ1v) is 16.3. The van der Waals surface area contributed by atoms with Crippen molar-refractivity contribution in [3.63, 3.8) is 0 Å². The number of rotatable bonds is 24. The number of hydrogen-bond donors (Lipinski definition) is 1. The fourth-order valence-corrected chi connectivity index (χ4v) is 9.69. The summed E-state index contributed by atoms with van der Waals surface area (Å²) in [5, 5.41) is 3.77. The molecule has 29 heavy (non-hydrogen) atoms. The van der Waals surface area contributed by atoms with E-state index < -0.39 is 7.26 Å². The first kappa shape index (κ1) is 29.4. The van der Waals surface area contributed by atoms with Crippen molar-refractivity contribution in [3.05, 3.63) is 0 Å². The zero-order valence-electron chi connectivity index (χ0n) is 21.2. The molecular weight excluding hydrogens is 369 g/mol. The Bertz CT molecular complexity index is 283. The predicted octanol–water partition coefficient (Wildman–Crippen LogP) is 9.30. The highest BCUT2D eigenvalue weighted by Crippen LogP contribution is 2.61. The molecule has 0 radical (unpaired) electrons. The summed E-state index contributed by atoms with van der Waals surface area (Å²) in [6.07, 6.45) is 30.8. The van der Waals surface area contributed by atoms with E-state index in [0.717, 1.165) is 0 Å². The van der Waals surface area contributed by atoms with Gasteiger partial charge in [-0.05, 0) is 45.2 Å². The lowest BCUT2D eigenvalue weighted by Gasteiger charge is -2.28. The van der Waals surface area contributed by atoms with Gasteiger partial charge in [0.2, 0.25) is 0 Å². The Kier molecular flexibility index (Phi) is 23.4. The van der Waals surface area contributed by atoms with E-state index in [4.69, 9.17) is 0 Å². The molecule has 0 atom stereocenters. The van der Waals surface area contributed by atoms with Crippen LogP contribution in [0.1, 0.15) is 137 Å². The highest BCUT2D eigenvalue weighted by atomic mass is 31.2. The molecule has 1 N–H and O–H groups in total. The summed E-state index contributed by atoms with van der Waals surface area (Å²) in [7, 11) is -0.670. The van der Waals surface area contributed by atoms with Crippen LogP contribution in [0.25, 0.3) is 0 Å². The first-order chi connectivity index (χ1) is 14.2. The number of hydrogen-bond acceptors (Lipinski definition) is 1. The molecule has 1 nitrogen and oxygen atoms in total.